The lowest BCUT2D eigenvalue weighted by Gasteiger charge is -2.29. The molecule has 1 aliphatic carbocycles. The SMILES string of the molecule is CC(C)COc1ccc(C(CN)C2CCCCC2)cc1. The predicted octanol–water partition coefficient (Wildman–Crippen LogP) is 4.34. The van der Waals surface area contributed by atoms with Crippen LogP contribution >= 0.6 is 0 Å². The first kappa shape index (κ1) is 15.4. The summed E-state index contributed by atoms with van der Waals surface area (Å²) in [5.41, 5.74) is 7.43. The van der Waals surface area contributed by atoms with E-state index in [4.69, 9.17) is 10.5 Å². The Kier molecular flexibility index (Phi) is 5.90. The average molecular weight is 275 g/mol. The predicted molar refractivity (Wildman–Crippen MR) is 85.1 cm³/mol. The van der Waals surface area contributed by atoms with E-state index in [2.05, 4.69) is 38.1 Å². The van der Waals surface area contributed by atoms with Crippen LogP contribution in [0.5, 0.6) is 5.75 Å². The molecule has 0 heterocycles. The van der Waals surface area contributed by atoms with Gasteiger partial charge in [-0.25, -0.2) is 0 Å². The van der Waals surface area contributed by atoms with Gasteiger partial charge >= 0.3 is 0 Å². The summed E-state index contributed by atoms with van der Waals surface area (Å²) in [7, 11) is 0. The van der Waals surface area contributed by atoms with Crippen molar-refractivity contribution in [2.75, 3.05) is 13.2 Å². The molecule has 1 unspecified atom stereocenters. The lowest BCUT2D eigenvalue weighted by Crippen LogP contribution is -2.23. The number of benzene rings is 1. The molecule has 20 heavy (non-hydrogen) atoms. The average Bonchev–Trinajstić information content (AvgIpc) is 2.48. The monoisotopic (exact) mass is 275 g/mol. The van der Waals surface area contributed by atoms with Crippen LogP contribution in [0, 0.1) is 11.8 Å². The molecule has 2 nitrogen and oxygen atoms in total. The third-order valence-corrected chi connectivity index (χ3v) is 4.36. The van der Waals surface area contributed by atoms with Gasteiger partial charge in [0.05, 0.1) is 6.61 Å². The summed E-state index contributed by atoms with van der Waals surface area (Å²) in [4.78, 5) is 0. The number of ether oxygens (including phenoxy) is 1. The Bertz CT molecular complexity index is 379. The van der Waals surface area contributed by atoms with Crippen LogP contribution in [-0.2, 0) is 0 Å². The second-order valence-corrected chi connectivity index (χ2v) is 6.51. The topological polar surface area (TPSA) is 35.2 Å². The molecular weight excluding hydrogens is 246 g/mol. The minimum absolute atomic E-state index is 0.523. The summed E-state index contributed by atoms with van der Waals surface area (Å²) < 4.78 is 5.75. The van der Waals surface area contributed by atoms with Crippen molar-refractivity contribution in [3.8, 4) is 5.75 Å². The smallest absolute Gasteiger partial charge is 0.119 e. The molecule has 2 N–H and O–H groups in total. The number of nitrogens with two attached hydrogens (primary N) is 1. The van der Waals surface area contributed by atoms with Gasteiger partial charge in [0, 0.05) is 0 Å². The zero-order chi connectivity index (χ0) is 14.4. The van der Waals surface area contributed by atoms with Gasteiger partial charge in [-0.15, -0.1) is 0 Å². The van der Waals surface area contributed by atoms with Crippen molar-refractivity contribution in [3.05, 3.63) is 29.8 Å². The Morgan fingerprint density at radius 2 is 1.75 bits per heavy atom. The van der Waals surface area contributed by atoms with Crippen molar-refractivity contribution >= 4 is 0 Å². The van der Waals surface area contributed by atoms with E-state index in [1.807, 2.05) is 0 Å². The summed E-state index contributed by atoms with van der Waals surface area (Å²) in [5, 5.41) is 0. The fourth-order valence-electron chi connectivity index (χ4n) is 3.21. The van der Waals surface area contributed by atoms with Crippen molar-refractivity contribution in [1.29, 1.82) is 0 Å². The Morgan fingerprint density at radius 1 is 1.10 bits per heavy atom. The molecule has 1 aliphatic rings. The molecular formula is C18H29NO. The van der Waals surface area contributed by atoms with Crippen LogP contribution in [0.4, 0.5) is 0 Å². The third kappa shape index (κ3) is 4.24. The normalized spacial score (nSPS) is 18.2. The summed E-state index contributed by atoms with van der Waals surface area (Å²) in [6, 6.07) is 8.62. The molecule has 1 atom stereocenters. The Labute approximate surface area is 123 Å². The largest absolute Gasteiger partial charge is 0.493 e. The third-order valence-electron chi connectivity index (χ3n) is 4.36. The zero-order valence-corrected chi connectivity index (χ0v) is 13.0. The molecule has 0 aliphatic heterocycles. The highest BCUT2D eigenvalue weighted by Gasteiger charge is 2.23. The van der Waals surface area contributed by atoms with E-state index < -0.39 is 0 Å². The van der Waals surface area contributed by atoms with E-state index >= 15 is 0 Å². The van der Waals surface area contributed by atoms with Gasteiger partial charge < -0.3 is 10.5 Å². The van der Waals surface area contributed by atoms with Gasteiger partial charge in [-0.2, -0.15) is 0 Å². The summed E-state index contributed by atoms with van der Waals surface area (Å²) in [6.45, 7) is 5.88. The van der Waals surface area contributed by atoms with Crippen LogP contribution < -0.4 is 10.5 Å². The molecule has 0 spiro atoms. The molecule has 2 heteroatoms. The highest BCUT2D eigenvalue weighted by atomic mass is 16.5. The van der Waals surface area contributed by atoms with Crippen molar-refractivity contribution in [2.24, 2.45) is 17.6 Å². The minimum atomic E-state index is 0.523. The van der Waals surface area contributed by atoms with Crippen LogP contribution in [0.2, 0.25) is 0 Å². The number of hydrogen-bond acceptors (Lipinski definition) is 2. The van der Waals surface area contributed by atoms with Gasteiger partial charge in [-0.3, -0.25) is 0 Å². The molecule has 0 aromatic heterocycles. The van der Waals surface area contributed by atoms with Crippen molar-refractivity contribution in [2.45, 2.75) is 51.9 Å². The maximum atomic E-state index is 6.04. The van der Waals surface area contributed by atoms with Gasteiger partial charge in [-0.1, -0.05) is 45.2 Å². The fraction of sp³-hybridized carbons (Fsp3) is 0.667. The Balaban J connectivity index is 1.99. The van der Waals surface area contributed by atoms with Crippen LogP contribution in [0.1, 0.15) is 57.4 Å². The molecule has 0 bridgehead atoms. The molecule has 1 fully saturated rings. The fourth-order valence-corrected chi connectivity index (χ4v) is 3.21. The van der Waals surface area contributed by atoms with Gasteiger partial charge in [0.2, 0.25) is 0 Å². The molecule has 112 valence electrons. The number of rotatable bonds is 6. The zero-order valence-electron chi connectivity index (χ0n) is 13.0. The minimum Gasteiger partial charge on any atom is -0.493 e. The Morgan fingerprint density at radius 3 is 2.30 bits per heavy atom. The van der Waals surface area contributed by atoms with Crippen molar-refractivity contribution in [1.82, 2.24) is 0 Å². The molecule has 1 aromatic carbocycles. The molecule has 1 aromatic rings. The van der Waals surface area contributed by atoms with Gasteiger partial charge in [-0.05, 0) is 54.8 Å². The van der Waals surface area contributed by atoms with Crippen LogP contribution in [0.3, 0.4) is 0 Å². The van der Waals surface area contributed by atoms with Gasteiger partial charge in [0.1, 0.15) is 5.75 Å². The maximum Gasteiger partial charge on any atom is 0.119 e. The van der Waals surface area contributed by atoms with E-state index in [1.165, 1.54) is 37.7 Å². The quantitative estimate of drug-likeness (QED) is 0.838. The number of hydrogen-bond donors (Lipinski definition) is 1. The van der Waals surface area contributed by atoms with Crippen LogP contribution in [-0.4, -0.2) is 13.2 Å². The first-order valence-electron chi connectivity index (χ1n) is 8.13. The molecule has 0 radical (unpaired) electrons. The standard InChI is InChI=1S/C18H29NO/c1-14(2)13-20-17-10-8-16(9-11-17)18(12-19)15-6-4-3-5-7-15/h8-11,14-15,18H,3-7,12-13,19H2,1-2H3. The second-order valence-electron chi connectivity index (χ2n) is 6.51. The maximum absolute atomic E-state index is 6.04. The highest BCUT2D eigenvalue weighted by Crippen LogP contribution is 2.35. The van der Waals surface area contributed by atoms with Crippen molar-refractivity contribution < 1.29 is 4.74 Å². The highest BCUT2D eigenvalue weighted by molar-refractivity contribution is 5.30. The summed E-state index contributed by atoms with van der Waals surface area (Å²) in [5.74, 6) is 2.83. The summed E-state index contributed by atoms with van der Waals surface area (Å²) in [6.07, 6.45) is 6.82. The van der Waals surface area contributed by atoms with E-state index in [0.29, 0.717) is 11.8 Å². The van der Waals surface area contributed by atoms with Crippen LogP contribution in [0.15, 0.2) is 24.3 Å². The lowest BCUT2D eigenvalue weighted by molar-refractivity contribution is 0.270. The second kappa shape index (κ2) is 7.68. The van der Waals surface area contributed by atoms with Crippen molar-refractivity contribution in [3.63, 3.8) is 0 Å². The van der Waals surface area contributed by atoms with E-state index in [9.17, 15) is 0 Å². The molecule has 1 saturated carbocycles. The van der Waals surface area contributed by atoms with Crippen LogP contribution in [0.25, 0.3) is 0 Å². The first-order chi connectivity index (χ1) is 9.70. The molecule has 2 rings (SSSR count). The van der Waals surface area contributed by atoms with E-state index in [1.54, 1.807) is 0 Å². The summed E-state index contributed by atoms with van der Waals surface area (Å²) >= 11 is 0. The molecule has 0 saturated heterocycles. The van der Waals surface area contributed by atoms with E-state index in [0.717, 1.165) is 24.8 Å². The first-order valence-corrected chi connectivity index (χ1v) is 8.13. The van der Waals surface area contributed by atoms with Gasteiger partial charge in [0.25, 0.3) is 0 Å². The molecule has 0 amide bonds. The lowest BCUT2D eigenvalue weighted by atomic mass is 9.77. The Hall–Kier alpha value is -1.02. The van der Waals surface area contributed by atoms with E-state index in [-0.39, 0.29) is 0 Å². The van der Waals surface area contributed by atoms with Gasteiger partial charge in [0.15, 0.2) is 0 Å².